The highest BCUT2D eigenvalue weighted by molar-refractivity contribution is 5.85. The van der Waals surface area contributed by atoms with E-state index in [2.05, 4.69) is 21.4 Å². The van der Waals surface area contributed by atoms with Crippen molar-refractivity contribution < 1.29 is 4.74 Å². The zero-order valence-corrected chi connectivity index (χ0v) is 13.5. The van der Waals surface area contributed by atoms with Crippen LogP contribution in [0.4, 0.5) is 0 Å². The summed E-state index contributed by atoms with van der Waals surface area (Å²) in [4.78, 5) is 2.58. The third kappa shape index (κ3) is 3.65. The van der Waals surface area contributed by atoms with Crippen LogP contribution in [0.5, 0.6) is 0 Å². The molecule has 0 radical (unpaired) electrons. The predicted molar refractivity (Wildman–Crippen MR) is 83.8 cm³/mol. The first-order valence-electron chi connectivity index (χ1n) is 6.81. The van der Waals surface area contributed by atoms with Crippen LogP contribution in [-0.4, -0.2) is 53.1 Å². The molecular formula is C13H24Cl2N4O. The Morgan fingerprint density at radius 2 is 2.10 bits per heavy atom. The molecule has 1 N–H and O–H groups in total. The fourth-order valence-electron chi connectivity index (χ4n) is 3.11. The topological polar surface area (TPSA) is 42.3 Å². The molecule has 0 atom stereocenters. The second-order valence-corrected chi connectivity index (χ2v) is 5.43. The average Bonchev–Trinajstić information content (AvgIpc) is 2.79. The predicted octanol–water partition coefficient (Wildman–Crippen LogP) is 1.22. The Kier molecular flexibility index (Phi) is 6.75. The SMILES string of the molecule is Cl.Cl.Cn1ccc(CN2CCOCC23CCNCC3)n1. The number of nitrogens with zero attached hydrogens (tertiary/aromatic N) is 3. The number of aromatic nitrogens is 2. The quantitative estimate of drug-likeness (QED) is 0.889. The summed E-state index contributed by atoms with van der Waals surface area (Å²) in [5, 5.41) is 7.94. The minimum absolute atomic E-state index is 0. The van der Waals surface area contributed by atoms with Gasteiger partial charge in [-0.05, 0) is 32.0 Å². The van der Waals surface area contributed by atoms with Crippen LogP contribution >= 0.6 is 24.8 Å². The summed E-state index contributed by atoms with van der Waals surface area (Å²) >= 11 is 0. The van der Waals surface area contributed by atoms with E-state index < -0.39 is 0 Å². The monoisotopic (exact) mass is 322 g/mol. The van der Waals surface area contributed by atoms with Gasteiger partial charge in [-0.25, -0.2) is 0 Å². The second kappa shape index (κ2) is 7.61. The molecule has 0 unspecified atom stereocenters. The van der Waals surface area contributed by atoms with Crippen molar-refractivity contribution in [2.24, 2.45) is 7.05 Å². The highest BCUT2D eigenvalue weighted by Crippen LogP contribution is 2.30. The normalized spacial score (nSPS) is 22.1. The number of nitrogens with one attached hydrogen (secondary N) is 1. The molecule has 20 heavy (non-hydrogen) atoms. The summed E-state index contributed by atoms with van der Waals surface area (Å²) in [7, 11) is 1.98. The minimum atomic E-state index is 0. The van der Waals surface area contributed by atoms with E-state index >= 15 is 0 Å². The standard InChI is InChI=1S/C13H22N4O.2ClH/c1-16-7-2-12(15-16)10-17-8-9-18-11-13(17)3-5-14-6-4-13;;/h2,7,14H,3-6,8-11H2,1H3;2*1H. The van der Waals surface area contributed by atoms with Crippen LogP contribution in [0.15, 0.2) is 12.3 Å². The van der Waals surface area contributed by atoms with E-state index in [4.69, 9.17) is 4.74 Å². The van der Waals surface area contributed by atoms with E-state index in [0.29, 0.717) is 0 Å². The van der Waals surface area contributed by atoms with E-state index in [1.807, 2.05) is 17.9 Å². The Bertz CT molecular complexity index is 399. The fourth-order valence-corrected chi connectivity index (χ4v) is 3.11. The van der Waals surface area contributed by atoms with Crippen molar-refractivity contribution in [2.75, 3.05) is 32.8 Å². The molecule has 0 aliphatic carbocycles. The number of morpholine rings is 1. The van der Waals surface area contributed by atoms with Gasteiger partial charge in [-0.2, -0.15) is 5.10 Å². The van der Waals surface area contributed by atoms with Crippen molar-refractivity contribution >= 4 is 24.8 Å². The smallest absolute Gasteiger partial charge is 0.0764 e. The van der Waals surface area contributed by atoms with Crippen LogP contribution in [0.2, 0.25) is 0 Å². The Balaban J connectivity index is 0.000001000. The molecule has 3 heterocycles. The van der Waals surface area contributed by atoms with Crippen LogP contribution in [-0.2, 0) is 18.3 Å². The van der Waals surface area contributed by atoms with Crippen molar-refractivity contribution in [3.05, 3.63) is 18.0 Å². The van der Waals surface area contributed by atoms with Gasteiger partial charge in [0.2, 0.25) is 0 Å². The Morgan fingerprint density at radius 1 is 1.35 bits per heavy atom. The minimum Gasteiger partial charge on any atom is -0.378 e. The van der Waals surface area contributed by atoms with Gasteiger partial charge in [-0.1, -0.05) is 0 Å². The molecule has 1 aromatic rings. The van der Waals surface area contributed by atoms with Crippen molar-refractivity contribution in [3.63, 3.8) is 0 Å². The van der Waals surface area contributed by atoms with Crippen LogP contribution in [0.25, 0.3) is 0 Å². The van der Waals surface area contributed by atoms with E-state index in [1.165, 1.54) is 12.8 Å². The van der Waals surface area contributed by atoms with Gasteiger partial charge in [0.05, 0.1) is 18.9 Å². The number of aryl methyl sites for hydroxylation is 1. The van der Waals surface area contributed by atoms with Crippen LogP contribution in [0.1, 0.15) is 18.5 Å². The Morgan fingerprint density at radius 3 is 2.75 bits per heavy atom. The highest BCUT2D eigenvalue weighted by Gasteiger charge is 2.40. The molecule has 2 fully saturated rings. The van der Waals surface area contributed by atoms with Gasteiger partial charge in [0, 0.05) is 31.9 Å². The zero-order valence-electron chi connectivity index (χ0n) is 11.9. The van der Waals surface area contributed by atoms with Crippen molar-refractivity contribution in [2.45, 2.75) is 24.9 Å². The number of halogens is 2. The summed E-state index contributed by atoms with van der Waals surface area (Å²) in [5.41, 5.74) is 1.40. The average molecular weight is 323 g/mol. The summed E-state index contributed by atoms with van der Waals surface area (Å²) in [6.07, 6.45) is 4.38. The largest absolute Gasteiger partial charge is 0.378 e. The molecule has 3 rings (SSSR count). The maximum absolute atomic E-state index is 5.74. The van der Waals surface area contributed by atoms with Gasteiger partial charge < -0.3 is 10.1 Å². The van der Waals surface area contributed by atoms with Gasteiger partial charge in [0.15, 0.2) is 0 Å². The molecule has 5 nitrogen and oxygen atoms in total. The summed E-state index contributed by atoms with van der Waals surface area (Å²) in [6, 6.07) is 2.12. The van der Waals surface area contributed by atoms with E-state index in [9.17, 15) is 0 Å². The van der Waals surface area contributed by atoms with Crippen molar-refractivity contribution in [1.29, 1.82) is 0 Å². The molecule has 0 amide bonds. The molecule has 116 valence electrons. The zero-order chi connectivity index (χ0) is 12.4. The number of hydrogen-bond acceptors (Lipinski definition) is 4. The molecule has 1 spiro atoms. The maximum Gasteiger partial charge on any atom is 0.0764 e. The molecular weight excluding hydrogens is 299 g/mol. The third-order valence-corrected chi connectivity index (χ3v) is 4.20. The van der Waals surface area contributed by atoms with Gasteiger partial charge in [0.1, 0.15) is 0 Å². The van der Waals surface area contributed by atoms with Gasteiger partial charge in [-0.15, -0.1) is 24.8 Å². The van der Waals surface area contributed by atoms with Crippen LogP contribution in [0, 0.1) is 0 Å². The maximum atomic E-state index is 5.74. The summed E-state index contributed by atoms with van der Waals surface area (Å²) in [5.74, 6) is 0. The summed E-state index contributed by atoms with van der Waals surface area (Å²) < 4.78 is 7.62. The van der Waals surface area contributed by atoms with E-state index in [-0.39, 0.29) is 30.4 Å². The molecule has 2 saturated heterocycles. The lowest BCUT2D eigenvalue weighted by Crippen LogP contribution is -2.60. The first kappa shape index (κ1) is 17.7. The molecule has 2 aliphatic rings. The lowest BCUT2D eigenvalue weighted by Gasteiger charge is -2.49. The van der Waals surface area contributed by atoms with Crippen LogP contribution < -0.4 is 5.32 Å². The van der Waals surface area contributed by atoms with Gasteiger partial charge in [-0.3, -0.25) is 9.58 Å². The van der Waals surface area contributed by atoms with Gasteiger partial charge in [0.25, 0.3) is 0 Å². The molecule has 0 bridgehead atoms. The van der Waals surface area contributed by atoms with Crippen molar-refractivity contribution in [1.82, 2.24) is 20.0 Å². The molecule has 7 heteroatoms. The fraction of sp³-hybridized carbons (Fsp3) is 0.769. The van der Waals surface area contributed by atoms with Crippen molar-refractivity contribution in [3.8, 4) is 0 Å². The van der Waals surface area contributed by atoms with Crippen LogP contribution in [0.3, 0.4) is 0 Å². The molecule has 1 aromatic heterocycles. The lowest BCUT2D eigenvalue weighted by molar-refractivity contribution is -0.0871. The molecule has 0 saturated carbocycles. The molecule has 2 aliphatic heterocycles. The number of hydrogen-bond donors (Lipinski definition) is 1. The molecule has 0 aromatic carbocycles. The highest BCUT2D eigenvalue weighted by atomic mass is 35.5. The number of piperidine rings is 1. The second-order valence-electron chi connectivity index (χ2n) is 5.43. The third-order valence-electron chi connectivity index (χ3n) is 4.20. The van der Waals surface area contributed by atoms with E-state index in [0.717, 1.165) is 45.1 Å². The summed E-state index contributed by atoms with van der Waals surface area (Å²) in [6.45, 7) is 5.90. The first-order valence-corrected chi connectivity index (χ1v) is 6.81. The Hall–Kier alpha value is -0.330. The lowest BCUT2D eigenvalue weighted by atomic mass is 9.86. The Labute approximate surface area is 132 Å². The number of ether oxygens (including phenoxy) is 1. The number of rotatable bonds is 2. The van der Waals surface area contributed by atoms with E-state index in [1.54, 1.807) is 0 Å². The first-order chi connectivity index (χ1) is 8.78. The van der Waals surface area contributed by atoms with Gasteiger partial charge >= 0.3 is 0 Å².